The van der Waals surface area contributed by atoms with Crippen molar-refractivity contribution in [2.45, 2.75) is 72.8 Å². The second-order valence-corrected chi connectivity index (χ2v) is 8.31. The highest BCUT2D eigenvalue weighted by Crippen LogP contribution is 2.60. The van der Waals surface area contributed by atoms with Gasteiger partial charge in [-0.25, -0.2) is 0 Å². The summed E-state index contributed by atoms with van der Waals surface area (Å²) in [5, 5.41) is 20.9. The Morgan fingerprint density at radius 1 is 1.41 bits per heavy atom. The second-order valence-electron chi connectivity index (χ2n) is 8.31. The average molecular weight is 306 g/mol. The molecule has 2 nitrogen and oxygen atoms in total. The zero-order valence-electron chi connectivity index (χ0n) is 15.0. The zero-order chi connectivity index (χ0) is 16.5. The summed E-state index contributed by atoms with van der Waals surface area (Å²) in [6.07, 6.45) is 9.32. The molecule has 1 saturated carbocycles. The van der Waals surface area contributed by atoms with Gasteiger partial charge in [-0.15, -0.1) is 0 Å². The summed E-state index contributed by atoms with van der Waals surface area (Å²) in [6.45, 7) is 11.1. The Bertz CT molecular complexity index is 460. The Morgan fingerprint density at radius 3 is 2.68 bits per heavy atom. The Kier molecular flexibility index (Phi) is 5.23. The lowest BCUT2D eigenvalue weighted by Crippen LogP contribution is -2.53. The van der Waals surface area contributed by atoms with Crippen LogP contribution in [0.15, 0.2) is 23.3 Å². The third kappa shape index (κ3) is 2.92. The van der Waals surface area contributed by atoms with Crippen LogP contribution < -0.4 is 0 Å². The first kappa shape index (κ1) is 17.7. The number of aliphatic hydroxyl groups is 2. The van der Waals surface area contributed by atoms with Gasteiger partial charge in [0.15, 0.2) is 0 Å². The van der Waals surface area contributed by atoms with Gasteiger partial charge in [0.25, 0.3) is 0 Å². The fraction of sp³-hybridized carbons (Fsp3) is 0.800. The molecule has 126 valence electrons. The fourth-order valence-corrected chi connectivity index (χ4v) is 5.19. The van der Waals surface area contributed by atoms with Crippen LogP contribution in [0.3, 0.4) is 0 Å². The lowest BCUT2D eigenvalue weighted by atomic mass is 9.47. The molecule has 0 bridgehead atoms. The average Bonchev–Trinajstić information content (AvgIpc) is 2.48. The molecule has 0 aromatic rings. The number of fused-ring (bicyclic) bond motifs is 1. The van der Waals surface area contributed by atoms with Gasteiger partial charge in [-0.1, -0.05) is 38.0 Å². The van der Waals surface area contributed by atoms with Gasteiger partial charge in [-0.2, -0.15) is 0 Å². The Morgan fingerprint density at radius 2 is 2.09 bits per heavy atom. The van der Waals surface area contributed by atoms with E-state index < -0.39 is 6.10 Å². The molecule has 0 aromatic heterocycles. The van der Waals surface area contributed by atoms with Gasteiger partial charge in [0.2, 0.25) is 0 Å². The number of allylic oxidation sites excluding steroid dienone is 3. The summed E-state index contributed by atoms with van der Waals surface area (Å²) in [5.41, 5.74) is 2.64. The largest absolute Gasteiger partial charge is 0.396 e. The first-order valence-corrected chi connectivity index (χ1v) is 8.87. The van der Waals surface area contributed by atoms with Crippen LogP contribution in [0.1, 0.15) is 66.7 Å². The lowest BCUT2D eigenvalue weighted by molar-refractivity contribution is -0.0915. The van der Waals surface area contributed by atoms with E-state index in [0.29, 0.717) is 11.8 Å². The monoisotopic (exact) mass is 306 g/mol. The van der Waals surface area contributed by atoms with Crippen molar-refractivity contribution in [3.8, 4) is 0 Å². The summed E-state index contributed by atoms with van der Waals surface area (Å²) in [5.74, 6) is 0.811. The van der Waals surface area contributed by atoms with Gasteiger partial charge < -0.3 is 10.2 Å². The van der Waals surface area contributed by atoms with Gasteiger partial charge in [-0.05, 0) is 69.3 Å². The number of hydrogen-bond donors (Lipinski definition) is 2. The molecule has 22 heavy (non-hydrogen) atoms. The number of aliphatic hydroxyl groups excluding tert-OH is 2. The fourth-order valence-electron chi connectivity index (χ4n) is 5.19. The van der Waals surface area contributed by atoms with Crippen LogP contribution in [0.5, 0.6) is 0 Å². The van der Waals surface area contributed by atoms with Crippen molar-refractivity contribution in [3.63, 3.8) is 0 Å². The van der Waals surface area contributed by atoms with Gasteiger partial charge >= 0.3 is 0 Å². The molecule has 0 amide bonds. The van der Waals surface area contributed by atoms with Gasteiger partial charge in [0.1, 0.15) is 0 Å². The van der Waals surface area contributed by atoms with Crippen molar-refractivity contribution in [1.29, 1.82) is 0 Å². The number of hydrogen-bond acceptors (Lipinski definition) is 2. The molecule has 2 aliphatic carbocycles. The predicted molar refractivity (Wildman–Crippen MR) is 92.6 cm³/mol. The molecule has 2 heteroatoms. The molecule has 2 rings (SSSR count). The van der Waals surface area contributed by atoms with Crippen molar-refractivity contribution in [3.05, 3.63) is 23.3 Å². The standard InChI is InChI=1S/C20H34O2/c1-6-14(2)17(22)12-16-15(3)8-9-18-19(4,5)10-7-11-20(16,18)13-21/h6,8,16-18,21-22H,7,9-13H2,1-5H3/t16-,17?,18-,20-/m0/s1. The molecule has 0 radical (unpaired) electrons. The Balaban J connectivity index is 2.37. The van der Waals surface area contributed by atoms with Crippen molar-refractivity contribution < 1.29 is 10.2 Å². The molecule has 1 unspecified atom stereocenters. The van der Waals surface area contributed by atoms with E-state index in [-0.39, 0.29) is 17.4 Å². The van der Waals surface area contributed by atoms with Crippen molar-refractivity contribution in [2.75, 3.05) is 6.61 Å². The maximum absolute atomic E-state index is 10.5. The third-order valence-electron chi connectivity index (χ3n) is 6.75. The first-order valence-electron chi connectivity index (χ1n) is 8.87. The van der Waals surface area contributed by atoms with E-state index in [2.05, 4.69) is 26.8 Å². The molecule has 1 fully saturated rings. The van der Waals surface area contributed by atoms with E-state index in [9.17, 15) is 10.2 Å². The topological polar surface area (TPSA) is 40.5 Å². The van der Waals surface area contributed by atoms with Crippen LogP contribution in [-0.2, 0) is 0 Å². The van der Waals surface area contributed by atoms with E-state index in [1.807, 2.05) is 19.9 Å². The highest BCUT2D eigenvalue weighted by molar-refractivity contribution is 5.21. The van der Waals surface area contributed by atoms with Gasteiger partial charge in [-0.3, -0.25) is 0 Å². The molecule has 0 saturated heterocycles. The predicted octanol–water partition coefficient (Wildman–Crippen LogP) is 4.47. The maximum atomic E-state index is 10.5. The highest BCUT2D eigenvalue weighted by atomic mass is 16.3. The Hall–Kier alpha value is -0.600. The smallest absolute Gasteiger partial charge is 0.0753 e. The summed E-state index contributed by atoms with van der Waals surface area (Å²) >= 11 is 0. The minimum absolute atomic E-state index is 0.0460. The molecule has 0 heterocycles. The maximum Gasteiger partial charge on any atom is 0.0753 e. The van der Waals surface area contributed by atoms with Crippen LogP contribution in [0.4, 0.5) is 0 Å². The SMILES string of the molecule is CC=C(C)C(O)C[C@H]1C(C)=CC[C@H]2C(C)(C)CCC[C@]12CO. The normalized spacial score (nSPS) is 36.5. The zero-order valence-corrected chi connectivity index (χ0v) is 15.0. The molecule has 0 aliphatic heterocycles. The molecule has 2 aliphatic rings. The quantitative estimate of drug-likeness (QED) is 0.752. The molecular formula is C20H34O2. The summed E-state index contributed by atoms with van der Waals surface area (Å²) in [4.78, 5) is 0. The molecule has 4 atom stereocenters. The van der Waals surface area contributed by atoms with Crippen LogP contribution in [0.25, 0.3) is 0 Å². The van der Waals surface area contributed by atoms with E-state index in [4.69, 9.17) is 0 Å². The summed E-state index contributed by atoms with van der Waals surface area (Å²) in [7, 11) is 0. The number of rotatable bonds is 4. The van der Waals surface area contributed by atoms with E-state index >= 15 is 0 Å². The van der Waals surface area contributed by atoms with Crippen molar-refractivity contribution in [1.82, 2.24) is 0 Å². The molecule has 2 N–H and O–H groups in total. The first-order chi connectivity index (χ1) is 10.3. The van der Waals surface area contributed by atoms with E-state index in [1.54, 1.807) is 0 Å². The minimum Gasteiger partial charge on any atom is -0.396 e. The van der Waals surface area contributed by atoms with Crippen LogP contribution in [-0.4, -0.2) is 22.9 Å². The molecule has 0 aromatic carbocycles. The van der Waals surface area contributed by atoms with E-state index in [1.165, 1.54) is 18.4 Å². The van der Waals surface area contributed by atoms with Crippen LogP contribution >= 0.6 is 0 Å². The molecule has 0 spiro atoms. The van der Waals surface area contributed by atoms with Gasteiger partial charge in [0.05, 0.1) is 6.10 Å². The minimum atomic E-state index is -0.398. The van der Waals surface area contributed by atoms with E-state index in [0.717, 1.165) is 24.8 Å². The Labute approximate surface area is 136 Å². The third-order valence-corrected chi connectivity index (χ3v) is 6.75. The van der Waals surface area contributed by atoms with Gasteiger partial charge in [0, 0.05) is 12.0 Å². The molecular weight excluding hydrogens is 272 g/mol. The highest BCUT2D eigenvalue weighted by Gasteiger charge is 2.54. The van der Waals surface area contributed by atoms with Crippen LogP contribution in [0, 0.1) is 22.7 Å². The summed E-state index contributed by atoms with van der Waals surface area (Å²) in [6, 6.07) is 0. The van der Waals surface area contributed by atoms with Crippen molar-refractivity contribution >= 4 is 0 Å². The van der Waals surface area contributed by atoms with Crippen molar-refractivity contribution in [2.24, 2.45) is 22.7 Å². The lowest BCUT2D eigenvalue weighted by Gasteiger charge is -2.58. The summed E-state index contributed by atoms with van der Waals surface area (Å²) < 4.78 is 0. The second kappa shape index (κ2) is 6.49. The van der Waals surface area contributed by atoms with Crippen LogP contribution in [0.2, 0.25) is 0 Å².